The molecule has 1 aliphatic rings. The number of methoxy groups -OCH3 is 2. The zero-order valence-corrected chi connectivity index (χ0v) is 13.3. The SMILES string of the molecule is COCCC(=O)N[C@@H]1C[C@@H](Oc2cccc(OC)c2)[C@H](O)[C@H]1O. The second kappa shape index (κ2) is 8.14. The molecule has 0 unspecified atom stereocenters. The molecule has 23 heavy (non-hydrogen) atoms. The molecule has 0 aromatic heterocycles. The number of carbonyl (C=O) groups is 1. The first-order valence-electron chi connectivity index (χ1n) is 7.50. The first kappa shape index (κ1) is 17.5. The van der Waals surface area contributed by atoms with Crippen molar-refractivity contribution in [3.8, 4) is 11.5 Å². The van der Waals surface area contributed by atoms with Crippen LogP contribution >= 0.6 is 0 Å². The summed E-state index contributed by atoms with van der Waals surface area (Å²) in [6.07, 6.45) is -2.23. The molecule has 1 aromatic rings. The molecule has 0 aliphatic heterocycles. The lowest BCUT2D eigenvalue weighted by Crippen LogP contribution is -2.43. The van der Waals surface area contributed by atoms with E-state index in [-0.39, 0.29) is 12.3 Å². The van der Waals surface area contributed by atoms with Crippen molar-refractivity contribution in [2.45, 2.75) is 37.2 Å². The monoisotopic (exact) mass is 325 g/mol. The highest BCUT2D eigenvalue weighted by atomic mass is 16.5. The summed E-state index contributed by atoms with van der Waals surface area (Å²) in [6.45, 7) is 0.306. The van der Waals surface area contributed by atoms with Crippen LogP contribution in [0.3, 0.4) is 0 Å². The van der Waals surface area contributed by atoms with Gasteiger partial charge in [0.25, 0.3) is 0 Å². The van der Waals surface area contributed by atoms with Crippen molar-refractivity contribution in [3.63, 3.8) is 0 Å². The number of hydrogen-bond donors (Lipinski definition) is 3. The standard InChI is InChI=1S/C16H23NO6/c1-21-7-6-14(18)17-12-9-13(16(20)15(12)19)23-11-5-3-4-10(8-11)22-2/h3-5,8,12-13,15-16,19-20H,6-7,9H2,1-2H3,(H,17,18)/t12-,13-,15+,16+/m1/s1. The van der Waals surface area contributed by atoms with Crippen LogP contribution in [0.4, 0.5) is 0 Å². The van der Waals surface area contributed by atoms with Gasteiger partial charge in [-0.3, -0.25) is 4.79 Å². The van der Waals surface area contributed by atoms with Gasteiger partial charge in [-0.2, -0.15) is 0 Å². The average molecular weight is 325 g/mol. The summed E-state index contributed by atoms with van der Waals surface area (Å²) >= 11 is 0. The third-order valence-electron chi connectivity index (χ3n) is 3.84. The Balaban J connectivity index is 1.94. The van der Waals surface area contributed by atoms with Crippen molar-refractivity contribution in [2.24, 2.45) is 0 Å². The second-order valence-corrected chi connectivity index (χ2v) is 5.47. The van der Waals surface area contributed by atoms with E-state index in [0.717, 1.165) is 0 Å². The molecule has 3 N–H and O–H groups in total. The maximum absolute atomic E-state index is 11.7. The van der Waals surface area contributed by atoms with E-state index in [1.54, 1.807) is 31.4 Å². The van der Waals surface area contributed by atoms with Gasteiger partial charge in [-0.25, -0.2) is 0 Å². The van der Waals surface area contributed by atoms with Crippen LogP contribution in [-0.4, -0.2) is 61.3 Å². The first-order chi connectivity index (χ1) is 11.0. The van der Waals surface area contributed by atoms with E-state index in [2.05, 4.69) is 5.32 Å². The lowest BCUT2D eigenvalue weighted by atomic mass is 10.2. The number of hydrogen-bond acceptors (Lipinski definition) is 6. The molecule has 0 radical (unpaired) electrons. The van der Waals surface area contributed by atoms with Gasteiger partial charge in [0, 0.05) is 26.0 Å². The quantitative estimate of drug-likeness (QED) is 0.657. The van der Waals surface area contributed by atoms with E-state index in [4.69, 9.17) is 14.2 Å². The van der Waals surface area contributed by atoms with E-state index in [0.29, 0.717) is 24.5 Å². The van der Waals surface area contributed by atoms with Gasteiger partial charge < -0.3 is 29.7 Å². The molecule has 1 fully saturated rings. The number of carbonyl (C=O) groups excluding carboxylic acids is 1. The summed E-state index contributed by atoms with van der Waals surface area (Å²) in [4.78, 5) is 11.7. The van der Waals surface area contributed by atoms with Crippen molar-refractivity contribution in [1.82, 2.24) is 5.32 Å². The Hall–Kier alpha value is -1.83. The summed E-state index contributed by atoms with van der Waals surface area (Å²) in [6, 6.07) is 6.45. The number of aliphatic hydroxyl groups excluding tert-OH is 2. The Bertz CT molecular complexity index is 523. The molecule has 1 aromatic carbocycles. The van der Waals surface area contributed by atoms with Gasteiger partial charge in [0.2, 0.25) is 5.91 Å². The normalized spacial score (nSPS) is 26.8. The molecule has 0 saturated heterocycles. The number of nitrogens with one attached hydrogen (secondary N) is 1. The fourth-order valence-corrected chi connectivity index (χ4v) is 2.57. The Labute approximate surface area is 135 Å². The number of aliphatic hydroxyl groups is 2. The highest BCUT2D eigenvalue weighted by molar-refractivity contribution is 5.76. The van der Waals surface area contributed by atoms with Crippen molar-refractivity contribution in [1.29, 1.82) is 0 Å². The zero-order chi connectivity index (χ0) is 16.8. The van der Waals surface area contributed by atoms with E-state index >= 15 is 0 Å². The number of benzene rings is 1. The fraction of sp³-hybridized carbons (Fsp3) is 0.562. The largest absolute Gasteiger partial charge is 0.497 e. The molecule has 1 saturated carbocycles. The average Bonchev–Trinajstić information content (AvgIpc) is 2.81. The van der Waals surface area contributed by atoms with Crippen LogP contribution in [0.25, 0.3) is 0 Å². The minimum absolute atomic E-state index is 0.206. The highest BCUT2D eigenvalue weighted by Crippen LogP contribution is 2.27. The lowest BCUT2D eigenvalue weighted by Gasteiger charge is -2.18. The molecule has 0 spiro atoms. The van der Waals surface area contributed by atoms with Crippen LogP contribution in [-0.2, 0) is 9.53 Å². The highest BCUT2D eigenvalue weighted by Gasteiger charge is 2.43. The molecule has 4 atom stereocenters. The van der Waals surface area contributed by atoms with Gasteiger partial charge in [0.05, 0.1) is 19.8 Å². The Morgan fingerprint density at radius 2 is 2.00 bits per heavy atom. The van der Waals surface area contributed by atoms with Crippen LogP contribution in [0.1, 0.15) is 12.8 Å². The van der Waals surface area contributed by atoms with Crippen LogP contribution in [0.15, 0.2) is 24.3 Å². The molecule has 0 bridgehead atoms. The number of ether oxygens (including phenoxy) is 3. The molecule has 7 nitrogen and oxygen atoms in total. The fourth-order valence-electron chi connectivity index (χ4n) is 2.57. The molecule has 7 heteroatoms. The van der Waals surface area contributed by atoms with E-state index in [9.17, 15) is 15.0 Å². The van der Waals surface area contributed by atoms with Gasteiger partial charge in [-0.05, 0) is 12.1 Å². The van der Waals surface area contributed by atoms with E-state index in [1.165, 1.54) is 7.11 Å². The first-order valence-corrected chi connectivity index (χ1v) is 7.50. The minimum Gasteiger partial charge on any atom is -0.497 e. The summed E-state index contributed by atoms with van der Waals surface area (Å²) in [5.74, 6) is 0.942. The maximum Gasteiger partial charge on any atom is 0.222 e. The Morgan fingerprint density at radius 3 is 2.70 bits per heavy atom. The molecule has 1 aliphatic carbocycles. The molecule has 128 valence electrons. The topological polar surface area (TPSA) is 97.3 Å². The van der Waals surface area contributed by atoms with Crippen LogP contribution in [0.2, 0.25) is 0 Å². The molecular formula is C16H23NO6. The van der Waals surface area contributed by atoms with Crippen molar-refractivity contribution in [2.75, 3.05) is 20.8 Å². The van der Waals surface area contributed by atoms with Crippen LogP contribution < -0.4 is 14.8 Å². The predicted molar refractivity (Wildman–Crippen MR) is 82.5 cm³/mol. The number of amides is 1. The summed E-state index contributed by atoms with van der Waals surface area (Å²) in [5.41, 5.74) is 0. The minimum atomic E-state index is -1.08. The van der Waals surface area contributed by atoms with Gasteiger partial charge in [-0.1, -0.05) is 6.07 Å². The number of rotatable bonds is 7. The Morgan fingerprint density at radius 1 is 1.26 bits per heavy atom. The van der Waals surface area contributed by atoms with Crippen molar-refractivity contribution >= 4 is 5.91 Å². The molecule has 1 amide bonds. The van der Waals surface area contributed by atoms with Gasteiger partial charge >= 0.3 is 0 Å². The molecule has 2 rings (SSSR count). The van der Waals surface area contributed by atoms with Crippen molar-refractivity contribution < 1.29 is 29.2 Å². The van der Waals surface area contributed by atoms with Crippen LogP contribution in [0.5, 0.6) is 11.5 Å². The van der Waals surface area contributed by atoms with Gasteiger partial charge in [0.1, 0.15) is 29.8 Å². The molecular weight excluding hydrogens is 302 g/mol. The molecule has 0 heterocycles. The summed E-state index contributed by atoms with van der Waals surface area (Å²) in [7, 11) is 3.07. The maximum atomic E-state index is 11.7. The zero-order valence-electron chi connectivity index (χ0n) is 13.3. The smallest absolute Gasteiger partial charge is 0.222 e. The summed E-state index contributed by atoms with van der Waals surface area (Å²) < 4.78 is 15.7. The van der Waals surface area contributed by atoms with Crippen molar-refractivity contribution in [3.05, 3.63) is 24.3 Å². The van der Waals surface area contributed by atoms with Gasteiger partial charge in [-0.15, -0.1) is 0 Å². The van der Waals surface area contributed by atoms with E-state index < -0.39 is 24.4 Å². The lowest BCUT2D eigenvalue weighted by molar-refractivity contribution is -0.123. The second-order valence-electron chi connectivity index (χ2n) is 5.47. The Kier molecular flexibility index (Phi) is 6.20. The predicted octanol–water partition coefficient (Wildman–Crippen LogP) is 0.0894. The van der Waals surface area contributed by atoms with Crippen LogP contribution in [0, 0.1) is 0 Å². The third-order valence-corrected chi connectivity index (χ3v) is 3.84. The van der Waals surface area contributed by atoms with Gasteiger partial charge in [0.15, 0.2) is 0 Å². The third kappa shape index (κ3) is 4.57. The van der Waals surface area contributed by atoms with E-state index in [1.807, 2.05) is 0 Å². The summed E-state index contributed by atoms with van der Waals surface area (Å²) in [5, 5.41) is 22.9.